The molecule has 1 N–H and O–H groups in total. The third kappa shape index (κ3) is 7.68. The molecular formula is C30H35N3O5. The second-order valence-electron chi connectivity index (χ2n) is 9.14. The first-order valence-corrected chi connectivity index (χ1v) is 13.1. The predicted octanol–water partition coefficient (Wildman–Crippen LogP) is 4.79. The number of carbonyl (C=O) groups is 1. The molecule has 0 radical (unpaired) electrons. The number of methoxy groups -OCH3 is 1. The number of rotatable bonds is 13. The van der Waals surface area contributed by atoms with Crippen LogP contribution >= 0.6 is 0 Å². The maximum atomic E-state index is 12.4. The van der Waals surface area contributed by atoms with E-state index in [4.69, 9.17) is 18.6 Å². The van der Waals surface area contributed by atoms with Crippen LogP contribution < -0.4 is 10.2 Å². The number of carbonyl (C=O) groups excluding carboxylic acids is 1. The molecule has 4 rings (SSSR count). The van der Waals surface area contributed by atoms with Crippen molar-refractivity contribution in [3.8, 4) is 17.4 Å². The molecule has 1 aliphatic rings. The largest absolute Gasteiger partial charge is 0.457 e. The summed E-state index contributed by atoms with van der Waals surface area (Å²) < 4.78 is 21.6. The Morgan fingerprint density at radius 1 is 0.974 bits per heavy atom. The van der Waals surface area contributed by atoms with E-state index in [9.17, 15) is 10.1 Å². The fraction of sp³-hybridized carbons (Fsp3) is 0.400. The molecule has 0 saturated carbocycles. The Kier molecular flexibility index (Phi) is 10.3. The minimum absolute atomic E-state index is 0.0300. The molecule has 0 spiro atoms. The number of amides is 1. The molecular weight excluding hydrogens is 482 g/mol. The highest BCUT2D eigenvalue weighted by Gasteiger charge is 2.13. The Morgan fingerprint density at radius 2 is 1.71 bits per heavy atom. The molecule has 1 fully saturated rings. The molecule has 3 aromatic rings. The van der Waals surface area contributed by atoms with Crippen LogP contribution in [0.5, 0.6) is 0 Å². The van der Waals surface area contributed by atoms with Crippen LogP contribution in [0, 0.1) is 11.3 Å². The van der Waals surface area contributed by atoms with Gasteiger partial charge in [-0.25, -0.2) is 0 Å². The van der Waals surface area contributed by atoms with Gasteiger partial charge in [0.2, 0.25) is 0 Å². The fourth-order valence-corrected chi connectivity index (χ4v) is 4.41. The molecule has 8 nitrogen and oxygen atoms in total. The summed E-state index contributed by atoms with van der Waals surface area (Å²) in [6, 6.07) is 18.4. The average Bonchev–Trinajstić information content (AvgIpc) is 3.43. The number of hydrogen-bond acceptors (Lipinski definition) is 7. The first-order valence-electron chi connectivity index (χ1n) is 13.1. The number of anilines is 1. The molecule has 1 amide bonds. The lowest BCUT2D eigenvalue weighted by molar-refractivity contribution is -0.117. The van der Waals surface area contributed by atoms with Crippen LogP contribution in [-0.2, 0) is 19.0 Å². The van der Waals surface area contributed by atoms with Crippen LogP contribution in [-0.4, -0.2) is 65.7 Å². The molecule has 1 saturated heterocycles. The van der Waals surface area contributed by atoms with E-state index in [1.807, 2.05) is 18.2 Å². The third-order valence-corrected chi connectivity index (χ3v) is 6.44. The molecule has 0 unspecified atom stereocenters. The van der Waals surface area contributed by atoms with Gasteiger partial charge in [-0.05, 0) is 60.4 Å². The number of piperidine rings is 1. The molecule has 200 valence electrons. The monoisotopic (exact) mass is 517 g/mol. The zero-order chi connectivity index (χ0) is 26.6. The van der Waals surface area contributed by atoms with E-state index >= 15 is 0 Å². The summed E-state index contributed by atoms with van der Waals surface area (Å²) in [6.07, 6.45) is 5.27. The molecule has 0 bridgehead atoms. The smallest absolute Gasteiger partial charge is 0.262 e. The molecule has 2 aromatic carbocycles. The standard InChI is InChI=1S/C30H35N3O5/c1-35-15-16-37-18-17-36-14-11-32-30(34)26(22-31)21-28-9-10-29(38-28)25-6-5-24-20-27(8-7-23(24)19-25)33-12-3-2-4-13-33/h5-10,19-21H,2-4,11-18H2,1H3,(H,32,34)/b26-21-. The second kappa shape index (κ2) is 14.3. The summed E-state index contributed by atoms with van der Waals surface area (Å²) in [4.78, 5) is 14.9. The summed E-state index contributed by atoms with van der Waals surface area (Å²) in [5.74, 6) is 0.648. The Hall–Kier alpha value is -3.64. The van der Waals surface area contributed by atoms with Crippen molar-refractivity contribution in [2.75, 3.05) is 64.7 Å². The van der Waals surface area contributed by atoms with Gasteiger partial charge in [0.1, 0.15) is 23.2 Å². The lowest BCUT2D eigenvalue weighted by atomic mass is 10.0. The Bertz CT molecular complexity index is 1270. The third-order valence-electron chi connectivity index (χ3n) is 6.44. The van der Waals surface area contributed by atoms with E-state index in [1.54, 1.807) is 13.2 Å². The maximum Gasteiger partial charge on any atom is 0.262 e. The number of ether oxygens (including phenoxy) is 3. The van der Waals surface area contributed by atoms with Crippen molar-refractivity contribution in [2.24, 2.45) is 0 Å². The predicted molar refractivity (Wildman–Crippen MR) is 148 cm³/mol. The molecule has 0 atom stereocenters. The van der Waals surface area contributed by atoms with Crippen LogP contribution in [0.2, 0.25) is 0 Å². The van der Waals surface area contributed by atoms with Crippen molar-refractivity contribution in [1.82, 2.24) is 5.32 Å². The normalized spacial score (nSPS) is 14.0. The van der Waals surface area contributed by atoms with Gasteiger partial charge in [-0.1, -0.05) is 18.2 Å². The summed E-state index contributed by atoms with van der Waals surface area (Å²) in [7, 11) is 1.62. The summed E-state index contributed by atoms with van der Waals surface area (Å²) >= 11 is 0. The number of hydrogen-bond donors (Lipinski definition) is 1. The van der Waals surface area contributed by atoms with Crippen LogP contribution in [0.4, 0.5) is 5.69 Å². The van der Waals surface area contributed by atoms with Gasteiger partial charge in [0.05, 0.1) is 33.0 Å². The lowest BCUT2D eigenvalue weighted by Gasteiger charge is -2.29. The van der Waals surface area contributed by atoms with Gasteiger partial charge in [-0.15, -0.1) is 0 Å². The van der Waals surface area contributed by atoms with Gasteiger partial charge in [0, 0.05) is 44.1 Å². The highest BCUT2D eigenvalue weighted by atomic mass is 16.5. The number of benzene rings is 2. The zero-order valence-electron chi connectivity index (χ0n) is 21.9. The first-order chi connectivity index (χ1) is 18.7. The maximum absolute atomic E-state index is 12.4. The van der Waals surface area contributed by atoms with E-state index in [1.165, 1.54) is 36.4 Å². The quantitative estimate of drug-likeness (QED) is 0.198. The zero-order valence-corrected chi connectivity index (χ0v) is 21.9. The molecule has 2 heterocycles. The number of furan rings is 1. The van der Waals surface area contributed by atoms with E-state index in [-0.39, 0.29) is 12.1 Å². The summed E-state index contributed by atoms with van der Waals surface area (Å²) in [5, 5.41) is 14.5. The van der Waals surface area contributed by atoms with E-state index in [2.05, 4.69) is 40.5 Å². The van der Waals surface area contributed by atoms with Crippen LogP contribution in [0.25, 0.3) is 28.2 Å². The number of fused-ring (bicyclic) bond motifs is 1. The highest BCUT2D eigenvalue weighted by molar-refractivity contribution is 6.01. The highest BCUT2D eigenvalue weighted by Crippen LogP contribution is 2.30. The van der Waals surface area contributed by atoms with Crippen molar-refractivity contribution >= 4 is 28.4 Å². The summed E-state index contributed by atoms with van der Waals surface area (Å²) in [6.45, 7) is 4.78. The molecule has 1 aliphatic heterocycles. The Labute approximate surface area is 223 Å². The fourth-order valence-electron chi connectivity index (χ4n) is 4.41. The van der Waals surface area contributed by atoms with Crippen molar-refractivity contribution in [1.29, 1.82) is 5.26 Å². The van der Waals surface area contributed by atoms with Crippen molar-refractivity contribution in [2.45, 2.75) is 19.3 Å². The van der Waals surface area contributed by atoms with Crippen molar-refractivity contribution in [3.63, 3.8) is 0 Å². The van der Waals surface area contributed by atoms with E-state index < -0.39 is 5.91 Å². The molecule has 38 heavy (non-hydrogen) atoms. The molecule has 0 aliphatic carbocycles. The number of nitrogens with one attached hydrogen (secondary N) is 1. The molecule has 1 aromatic heterocycles. The Morgan fingerprint density at radius 3 is 2.50 bits per heavy atom. The number of nitriles is 1. The summed E-state index contributed by atoms with van der Waals surface area (Å²) in [5.41, 5.74) is 2.18. The van der Waals surface area contributed by atoms with Crippen molar-refractivity contribution < 1.29 is 23.4 Å². The number of nitrogens with zero attached hydrogens (tertiary/aromatic N) is 2. The van der Waals surface area contributed by atoms with Gasteiger partial charge in [0.15, 0.2) is 0 Å². The van der Waals surface area contributed by atoms with Crippen LogP contribution in [0.3, 0.4) is 0 Å². The van der Waals surface area contributed by atoms with Gasteiger partial charge in [0.25, 0.3) is 5.91 Å². The topological polar surface area (TPSA) is 97.0 Å². The van der Waals surface area contributed by atoms with Gasteiger partial charge in [-0.3, -0.25) is 4.79 Å². The minimum Gasteiger partial charge on any atom is -0.457 e. The van der Waals surface area contributed by atoms with Crippen LogP contribution in [0.15, 0.2) is 58.5 Å². The van der Waals surface area contributed by atoms with Crippen molar-refractivity contribution in [3.05, 3.63) is 59.9 Å². The lowest BCUT2D eigenvalue weighted by Crippen LogP contribution is -2.29. The van der Waals surface area contributed by atoms with Gasteiger partial charge in [-0.2, -0.15) is 5.26 Å². The van der Waals surface area contributed by atoms with Gasteiger partial charge < -0.3 is 28.8 Å². The van der Waals surface area contributed by atoms with Crippen LogP contribution in [0.1, 0.15) is 25.0 Å². The Balaban J connectivity index is 1.32. The first kappa shape index (κ1) is 27.4. The molecule has 8 heteroatoms. The van der Waals surface area contributed by atoms with E-state index in [0.717, 1.165) is 24.0 Å². The average molecular weight is 518 g/mol. The van der Waals surface area contributed by atoms with E-state index in [0.29, 0.717) is 44.6 Å². The minimum atomic E-state index is -0.472. The SMILES string of the molecule is COCCOCCOCCNC(=O)/C(C#N)=C\c1ccc(-c2ccc3cc(N4CCCCC4)ccc3c2)o1. The second-order valence-corrected chi connectivity index (χ2v) is 9.14. The van der Waals surface area contributed by atoms with Gasteiger partial charge >= 0.3 is 0 Å².